The van der Waals surface area contributed by atoms with Crippen molar-refractivity contribution in [3.05, 3.63) is 120 Å². The molecule has 0 N–H and O–H groups in total. The van der Waals surface area contributed by atoms with Crippen LogP contribution >= 0.6 is 63.1 Å². The Morgan fingerprint density at radius 1 is 0.264 bits per heavy atom. The molecular formula is C85H115F10O10S5. The Kier molecular flexibility index (Phi) is 51.2. The highest BCUT2D eigenvalue weighted by atomic mass is 32.1. The number of halogens is 10. The van der Waals surface area contributed by atoms with Gasteiger partial charge in [-0.3, -0.25) is 47.5 Å². The van der Waals surface area contributed by atoms with Gasteiger partial charge >= 0.3 is 29.8 Å². The van der Waals surface area contributed by atoms with Crippen molar-refractivity contribution in [1.82, 2.24) is 0 Å². The molecule has 0 aliphatic heterocycles. The number of esters is 5. The van der Waals surface area contributed by atoms with E-state index in [0.717, 1.165) is 158 Å². The molecule has 10 nitrogen and oxygen atoms in total. The van der Waals surface area contributed by atoms with Crippen molar-refractivity contribution in [1.29, 1.82) is 0 Å². The lowest BCUT2D eigenvalue weighted by atomic mass is 9.80. The van der Waals surface area contributed by atoms with E-state index in [1.807, 2.05) is 0 Å². The Balaban J connectivity index is 0.000000680. The zero-order chi connectivity index (χ0) is 76.2. The number of rotatable bonds is 25. The zero-order valence-corrected chi connectivity index (χ0v) is 68.3. The minimum atomic E-state index is -0.515. The van der Waals surface area contributed by atoms with Crippen LogP contribution in [-0.4, -0.2) is 29.8 Å². The van der Waals surface area contributed by atoms with Crippen molar-refractivity contribution in [2.24, 2.45) is 59.2 Å². The molecule has 5 aromatic rings. The van der Waals surface area contributed by atoms with E-state index in [4.69, 9.17) is 86.8 Å². The fraction of sp³-hybridized carbons (Fsp3) is 0.588. The van der Waals surface area contributed by atoms with Gasteiger partial charge in [-0.05, 0) is 219 Å². The van der Waals surface area contributed by atoms with Crippen LogP contribution in [0.15, 0.2) is 115 Å². The fourth-order valence-corrected chi connectivity index (χ4v) is 15.3. The largest absolute Gasteiger partial charge is 0.426 e. The fourth-order valence-electron chi connectivity index (χ4n) is 14.6. The number of carbonyl (C=O) groups excluding carboxylic acids is 5. The molecule has 0 bridgehead atoms. The van der Waals surface area contributed by atoms with Gasteiger partial charge in [0, 0.05) is 30.3 Å². The van der Waals surface area contributed by atoms with Crippen LogP contribution in [0.5, 0.6) is 28.7 Å². The van der Waals surface area contributed by atoms with E-state index in [0.29, 0.717) is 0 Å². The van der Waals surface area contributed by atoms with Gasteiger partial charge in [-0.25, -0.2) is 22.0 Å². The molecule has 5 saturated carbocycles. The van der Waals surface area contributed by atoms with E-state index in [1.54, 1.807) is 30.3 Å². The van der Waals surface area contributed by atoms with Crippen LogP contribution < -0.4 is 23.7 Å². The first-order valence-electron chi connectivity index (χ1n) is 38.9. The number of hydrogen-bond donors (Lipinski definition) is 0. The number of ether oxygens (including phenoxy) is 5. The van der Waals surface area contributed by atoms with Crippen molar-refractivity contribution in [3.8, 4) is 28.7 Å². The van der Waals surface area contributed by atoms with E-state index in [2.05, 4.69) is 34.6 Å². The van der Waals surface area contributed by atoms with Gasteiger partial charge in [0.1, 0.15) is 57.8 Å². The first-order valence-corrected chi connectivity index (χ1v) is 40.9. The Morgan fingerprint density at radius 2 is 0.400 bits per heavy atom. The lowest BCUT2D eigenvalue weighted by molar-refractivity contribution is -0.141. The Labute approximate surface area is 673 Å². The van der Waals surface area contributed by atoms with E-state index in [9.17, 15) is 45.9 Å². The van der Waals surface area contributed by atoms with Crippen molar-refractivity contribution in [2.75, 3.05) is 0 Å². The van der Waals surface area contributed by atoms with Gasteiger partial charge in [0.05, 0.1) is 54.1 Å². The molecule has 0 spiro atoms. The van der Waals surface area contributed by atoms with E-state index in [1.165, 1.54) is 157 Å². The van der Waals surface area contributed by atoms with E-state index >= 15 is 0 Å². The molecular weight excluding hydrogens is 1530 g/mol. The van der Waals surface area contributed by atoms with E-state index in [-0.39, 0.29) is 136 Å². The molecule has 0 amide bonds. The molecule has 10 rings (SSSR count). The van der Waals surface area contributed by atoms with Crippen molar-refractivity contribution in [3.63, 3.8) is 0 Å². The average molecular weight is 1650 g/mol. The highest BCUT2D eigenvalue weighted by molar-refractivity contribution is 7.81. The van der Waals surface area contributed by atoms with Gasteiger partial charge in [-0.2, -0.15) is 0 Å². The third kappa shape index (κ3) is 36.3. The third-order valence-corrected chi connectivity index (χ3v) is 23.0. The predicted octanol–water partition coefficient (Wildman–Crippen LogP) is 27.2. The number of unbranched alkanes of at least 4 members (excludes halogenated alkanes) is 5. The summed E-state index contributed by atoms with van der Waals surface area (Å²) in [6.45, 7) is 11.0. The van der Waals surface area contributed by atoms with Gasteiger partial charge in [-0.15, -0.1) is 0 Å². The van der Waals surface area contributed by atoms with Gasteiger partial charge in [0.15, 0.2) is 0 Å². The second kappa shape index (κ2) is 55.3. The molecule has 0 heterocycles. The topological polar surface area (TPSA) is 132 Å². The summed E-state index contributed by atoms with van der Waals surface area (Å²) in [5.74, 6) is 1.03. The molecule has 0 atom stereocenters. The molecule has 615 valence electrons. The molecule has 5 aliphatic carbocycles. The molecule has 0 aromatic heterocycles. The summed E-state index contributed by atoms with van der Waals surface area (Å²) < 4.78 is 93.1. The lowest BCUT2D eigenvalue weighted by Gasteiger charge is -2.27. The summed E-state index contributed by atoms with van der Waals surface area (Å²) in [4.78, 5) is 61.3. The smallest absolute Gasteiger partial charge is 0.314 e. The van der Waals surface area contributed by atoms with Crippen molar-refractivity contribution >= 4 is 93.0 Å². The van der Waals surface area contributed by atoms with Crippen LogP contribution in [0.4, 0.5) is 45.5 Å². The molecule has 5 aromatic carbocycles. The SMILES string of the molecule is CCCCC1CCC(C(=O)Oc2ccc([S])c(F)c2)CC1.CCCCC1CCC(C(=O)Oc2ccc([S])c(F)c2)CC1.CCCCC1CCC(C(=O)Oc2ccc([S])c(F)c2)CC1.CCCCC1CCC(C(=O)Oc2ccc([S])c(F)c2)CC1.CCCCC1CCC(C(=O)Oc2ccc([S])c(F)c2)CC1.F.F.F.F.F. The second-order valence-electron chi connectivity index (χ2n) is 29.4. The average Bonchev–Trinajstić information content (AvgIpc) is 0.874. The predicted molar refractivity (Wildman–Crippen MR) is 427 cm³/mol. The first-order chi connectivity index (χ1) is 50.5. The third-order valence-electron chi connectivity index (χ3n) is 21.3. The molecule has 0 saturated heterocycles. The van der Waals surface area contributed by atoms with Crippen LogP contribution in [0.2, 0.25) is 0 Å². The first kappa shape index (κ1) is 102. The summed E-state index contributed by atoms with van der Waals surface area (Å²) in [5.41, 5.74) is 0. The monoisotopic (exact) mass is 1650 g/mol. The Morgan fingerprint density at radius 3 is 0.518 bits per heavy atom. The number of hydrogen-bond acceptors (Lipinski definition) is 10. The number of carbonyl (C=O) groups is 5. The highest BCUT2D eigenvalue weighted by Gasteiger charge is 2.33. The van der Waals surface area contributed by atoms with Crippen LogP contribution in [-0.2, 0) is 24.0 Å². The second-order valence-corrected chi connectivity index (χ2v) is 31.6. The van der Waals surface area contributed by atoms with Crippen LogP contribution in [0.1, 0.15) is 259 Å². The summed E-state index contributed by atoms with van der Waals surface area (Å²) in [5, 5.41) is 0. The van der Waals surface area contributed by atoms with E-state index < -0.39 is 29.1 Å². The molecule has 5 aliphatic rings. The summed E-state index contributed by atoms with van der Waals surface area (Å²) >= 11 is 23.9. The maximum absolute atomic E-state index is 13.3. The standard InChI is InChI=1S/5C17H22FO2S.5FH/c5*1-2-3-4-12-5-7-13(8-6-12)17(19)20-14-9-10-16(21)15(18)11-14;;;;;/h5*9-13H,2-8H2,1H3;5*1H. The summed E-state index contributed by atoms with van der Waals surface area (Å²) in [6, 6.07) is 21.0. The summed E-state index contributed by atoms with van der Waals surface area (Å²) in [7, 11) is 0. The molecule has 5 fully saturated rings. The maximum Gasteiger partial charge on any atom is 0.314 e. The highest BCUT2D eigenvalue weighted by Crippen LogP contribution is 2.39. The molecule has 110 heavy (non-hydrogen) atoms. The van der Waals surface area contributed by atoms with Crippen LogP contribution in [0.3, 0.4) is 0 Å². The molecule has 0 unspecified atom stereocenters. The van der Waals surface area contributed by atoms with Crippen molar-refractivity contribution in [2.45, 2.75) is 284 Å². The van der Waals surface area contributed by atoms with Crippen molar-refractivity contribution < 1.29 is 93.1 Å². The summed E-state index contributed by atoms with van der Waals surface area (Å²) in [6.07, 6.45) is 38.6. The molecule has 25 heteroatoms. The quantitative estimate of drug-likeness (QED) is 0.0316. The minimum Gasteiger partial charge on any atom is -0.426 e. The lowest BCUT2D eigenvalue weighted by Crippen LogP contribution is -2.25. The maximum atomic E-state index is 13.3. The normalized spacial score (nSPS) is 21.0. The van der Waals surface area contributed by atoms with Gasteiger partial charge in [0.2, 0.25) is 0 Å². The molecule has 5 radical (unpaired) electrons. The minimum absolute atomic E-state index is 0. The Hall–Kier alpha value is -6.15. The number of benzene rings is 5. The van der Waals surface area contributed by atoms with Crippen LogP contribution in [0, 0.1) is 88.3 Å². The van der Waals surface area contributed by atoms with Gasteiger partial charge in [-0.1, -0.05) is 194 Å². The van der Waals surface area contributed by atoms with Gasteiger partial charge < -0.3 is 23.7 Å². The zero-order valence-electron chi connectivity index (χ0n) is 64.2. The van der Waals surface area contributed by atoms with Gasteiger partial charge in [0.25, 0.3) is 0 Å². The Bertz CT molecular complexity index is 2950. The van der Waals surface area contributed by atoms with Crippen LogP contribution in [0.25, 0.3) is 0 Å².